The molecule has 0 aliphatic heterocycles. The lowest BCUT2D eigenvalue weighted by Gasteiger charge is -2.06. The third kappa shape index (κ3) is 2.70. The van der Waals surface area contributed by atoms with E-state index in [0.29, 0.717) is 5.56 Å². The fourth-order valence-corrected chi connectivity index (χ4v) is 2.18. The molecule has 0 radical (unpaired) electrons. The number of hydrogen-bond acceptors (Lipinski definition) is 2. The van der Waals surface area contributed by atoms with Crippen LogP contribution < -0.4 is 0 Å². The first kappa shape index (κ1) is 13.9. The molecule has 0 saturated heterocycles. The molecule has 0 atom stereocenters. The molecule has 0 N–H and O–H groups in total. The average molecular weight is 292 g/mol. The Morgan fingerprint density at radius 3 is 2.05 bits per heavy atom. The molecule has 4 heteroatoms. The molecule has 0 aliphatic carbocycles. The molecule has 0 bridgehead atoms. The normalized spacial score (nSPS) is 10.2. The Morgan fingerprint density at radius 2 is 1.41 bits per heavy atom. The minimum atomic E-state index is -0.563. The van der Waals surface area contributed by atoms with Crippen molar-refractivity contribution in [1.29, 1.82) is 5.26 Å². The van der Waals surface area contributed by atoms with Gasteiger partial charge in [-0.05, 0) is 41.5 Å². The fraction of sp³-hybridized carbons (Fsp3) is 0. The zero-order valence-electron chi connectivity index (χ0n) is 11.4. The van der Waals surface area contributed by atoms with Gasteiger partial charge >= 0.3 is 0 Å². The standard InChI is InChI=1S/C18H10F2N2/c19-17-5-3-12(4-6-17)15-7-16(11-22-10-15)13-1-2-14(9-21)18(20)8-13/h1-8,10-11H. The topological polar surface area (TPSA) is 36.7 Å². The molecule has 3 rings (SSSR count). The van der Waals surface area contributed by atoms with Crippen LogP contribution in [0.5, 0.6) is 0 Å². The van der Waals surface area contributed by atoms with Crippen LogP contribution in [0.2, 0.25) is 0 Å². The summed E-state index contributed by atoms with van der Waals surface area (Å²) in [6.45, 7) is 0. The van der Waals surface area contributed by atoms with E-state index in [-0.39, 0.29) is 11.4 Å². The lowest BCUT2D eigenvalue weighted by Crippen LogP contribution is -1.88. The first-order valence-electron chi connectivity index (χ1n) is 6.58. The summed E-state index contributed by atoms with van der Waals surface area (Å²) >= 11 is 0. The molecule has 2 nitrogen and oxygen atoms in total. The van der Waals surface area contributed by atoms with E-state index in [1.807, 2.05) is 6.07 Å². The highest BCUT2D eigenvalue weighted by atomic mass is 19.1. The SMILES string of the molecule is N#Cc1ccc(-c2cncc(-c3ccc(F)cc3)c2)cc1F. The predicted molar refractivity (Wildman–Crippen MR) is 79.7 cm³/mol. The second-order valence-corrected chi connectivity index (χ2v) is 4.78. The van der Waals surface area contributed by atoms with E-state index in [1.54, 1.807) is 36.7 Å². The van der Waals surface area contributed by atoms with Crippen LogP contribution in [0.3, 0.4) is 0 Å². The van der Waals surface area contributed by atoms with Crippen molar-refractivity contribution in [3.05, 3.63) is 78.1 Å². The molecule has 1 aromatic heterocycles. The number of pyridine rings is 1. The maximum atomic E-state index is 13.7. The van der Waals surface area contributed by atoms with Crippen molar-refractivity contribution < 1.29 is 8.78 Å². The highest BCUT2D eigenvalue weighted by Gasteiger charge is 2.06. The Kier molecular flexibility index (Phi) is 3.63. The molecular formula is C18H10F2N2. The Morgan fingerprint density at radius 1 is 0.773 bits per heavy atom. The Hall–Kier alpha value is -3.06. The molecule has 0 spiro atoms. The van der Waals surface area contributed by atoms with Gasteiger partial charge in [-0.15, -0.1) is 0 Å². The zero-order chi connectivity index (χ0) is 15.5. The number of nitriles is 1. The number of hydrogen-bond donors (Lipinski definition) is 0. The highest BCUT2D eigenvalue weighted by molar-refractivity contribution is 5.72. The zero-order valence-corrected chi connectivity index (χ0v) is 11.4. The van der Waals surface area contributed by atoms with Gasteiger partial charge in [0.2, 0.25) is 0 Å². The van der Waals surface area contributed by atoms with Crippen LogP contribution in [0.25, 0.3) is 22.3 Å². The van der Waals surface area contributed by atoms with Crippen LogP contribution in [0, 0.1) is 23.0 Å². The van der Waals surface area contributed by atoms with Crippen molar-refractivity contribution >= 4 is 0 Å². The molecule has 1 heterocycles. The molecule has 0 unspecified atom stereocenters. The molecule has 22 heavy (non-hydrogen) atoms. The van der Waals surface area contributed by atoms with Gasteiger partial charge in [-0.1, -0.05) is 18.2 Å². The van der Waals surface area contributed by atoms with Crippen LogP contribution in [0.4, 0.5) is 8.78 Å². The lowest BCUT2D eigenvalue weighted by molar-refractivity contribution is 0.624. The summed E-state index contributed by atoms with van der Waals surface area (Å²) < 4.78 is 26.7. The summed E-state index contributed by atoms with van der Waals surface area (Å²) in [5.74, 6) is -0.866. The van der Waals surface area contributed by atoms with Gasteiger partial charge in [0, 0.05) is 23.5 Å². The summed E-state index contributed by atoms with van der Waals surface area (Å²) in [4.78, 5) is 4.15. The van der Waals surface area contributed by atoms with E-state index in [1.165, 1.54) is 24.3 Å². The van der Waals surface area contributed by atoms with Crippen molar-refractivity contribution in [2.75, 3.05) is 0 Å². The lowest BCUT2D eigenvalue weighted by atomic mass is 10.0. The molecule has 0 saturated carbocycles. The molecule has 2 aromatic carbocycles. The van der Waals surface area contributed by atoms with Crippen LogP contribution in [0.1, 0.15) is 5.56 Å². The van der Waals surface area contributed by atoms with Crippen LogP contribution in [0.15, 0.2) is 60.9 Å². The van der Waals surface area contributed by atoms with Gasteiger partial charge in [0.15, 0.2) is 0 Å². The summed E-state index contributed by atoms with van der Waals surface area (Å²) in [6, 6.07) is 14.1. The van der Waals surface area contributed by atoms with Gasteiger partial charge in [-0.3, -0.25) is 4.98 Å². The monoisotopic (exact) mass is 292 g/mol. The summed E-state index contributed by atoms with van der Waals surface area (Å²) in [5.41, 5.74) is 3.00. The van der Waals surface area contributed by atoms with Crippen LogP contribution in [-0.2, 0) is 0 Å². The number of benzene rings is 2. The van der Waals surface area contributed by atoms with Crippen molar-refractivity contribution in [3.63, 3.8) is 0 Å². The summed E-state index contributed by atoms with van der Waals surface area (Å²) in [7, 11) is 0. The number of halogens is 2. The predicted octanol–water partition coefficient (Wildman–Crippen LogP) is 4.57. The van der Waals surface area contributed by atoms with Crippen molar-refractivity contribution in [3.8, 4) is 28.3 Å². The second-order valence-electron chi connectivity index (χ2n) is 4.78. The molecule has 106 valence electrons. The van der Waals surface area contributed by atoms with Crippen LogP contribution >= 0.6 is 0 Å². The third-order valence-electron chi connectivity index (χ3n) is 3.34. The smallest absolute Gasteiger partial charge is 0.141 e. The maximum Gasteiger partial charge on any atom is 0.141 e. The van der Waals surface area contributed by atoms with Crippen molar-refractivity contribution in [1.82, 2.24) is 4.98 Å². The first-order valence-corrected chi connectivity index (χ1v) is 6.58. The van der Waals surface area contributed by atoms with Gasteiger partial charge in [0.1, 0.15) is 17.7 Å². The maximum absolute atomic E-state index is 13.7. The van der Waals surface area contributed by atoms with E-state index in [0.717, 1.165) is 16.7 Å². The van der Waals surface area contributed by atoms with Gasteiger partial charge in [0.25, 0.3) is 0 Å². The van der Waals surface area contributed by atoms with E-state index in [4.69, 9.17) is 5.26 Å². The third-order valence-corrected chi connectivity index (χ3v) is 3.34. The molecular weight excluding hydrogens is 282 g/mol. The van der Waals surface area contributed by atoms with Gasteiger partial charge in [-0.25, -0.2) is 8.78 Å². The number of aromatic nitrogens is 1. The minimum absolute atomic E-state index is 0.00592. The number of nitrogens with zero attached hydrogens (tertiary/aromatic N) is 2. The second kappa shape index (κ2) is 5.74. The summed E-state index contributed by atoms with van der Waals surface area (Å²) in [6.07, 6.45) is 3.28. The minimum Gasteiger partial charge on any atom is -0.263 e. The van der Waals surface area contributed by atoms with Gasteiger partial charge in [-0.2, -0.15) is 5.26 Å². The van der Waals surface area contributed by atoms with E-state index >= 15 is 0 Å². The van der Waals surface area contributed by atoms with E-state index in [2.05, 4.69) is 4.98 Å². The van der Waals surface area contributed by atoms with Crippen molar-refractivity contribution in [2.24, 2.45) is 0 Å². The summed E-state index contributed by atoms with van der Waals surface area (Å²) in [5, 5.41) is 8.76. The van der Waals surface area contributed by atoms with Gasteiger partial charge < -0.3 is 0 Å². The Labute approximate surface area is 126 Å². The van der Waals surface area contributed by atoms with Gasteiger partial charge in [0.05, 0.1) is 5.56 Å². The van der Waals surface area contributed by atoms with E-state index < -0.39 is 5.82 Å². The largest absolute Gasteiger partial charge is 0.263 e. The van der Waals surface area contributed by atoms with E-state index in [9.17, 15) is 8.78 Å². The molecule has 3 aromatic rings. The molecule has 0 fully saturated rings. The quantitative estimate of drug-likeness (QED) is 0.694. The number of rotatable bonds is 2. The van der Waals surface area contributed by atoms with Crippen molar-refractivity contribution in [2.45, 2.75) is 0 Å². The Balaban J connectivity index is 2.03. The highest BCUT2D eigenvalue weighted by Crippen LogP contribution is 2.26. The Bertz CT molecular complexity index is 865. The molecule has 0 aliphatic rings. The average Bonchev–Trinajstić information content (AvgIpc) is 2.55. The van der Waals surface area contributed by atoms with Crippen LogP contribution in [-0.4, -0.2) is 4.98 Å². The first-order chi connectivity index (χ1) is 10.7. The fourth-order valence-electron chi connectivity index (χ4n) is 2.18. The molecule has 0 amide bonds.